The van der Waals surface area contributed by atoms with Gasteiger partial charge in [0.15, 0.2) is 11.5 Å². The second kappa shape index (κ2) is 9.82. The molecule has 1 N–H and O–H groups in total. The van der Waals surface area contributed by atoms with E-state index < -0.39 is 15.9 Å². The van der Waals surface area contributed by atoms with Crippen LogP contribution in [-0.2, 0) is 21.4 Å². The van der Waals surface area contributed by atoms with Gasteiger partial charge in [0, 0.05) is 18.6 Å². The molecular weight excluding hydrogens is 420 g/mol. The molecule has 29 heavy (non-hydrogen) atoms. The maximum atomic E-state index is 12.5. The molecule has 0 heterocycles. The molecule has 0 unspecified atom stereocenters. The Balaban J connectivity index is 2.05. The molecule has 2 rings (SSSR count). The van der Waals surface area contributed by atoms with Crippen molar-refractivity contribution in [3.63, 3.8) is 0 Å². The van der Waals surface area contributed by atoms with Crippen molar-refractivity contribution in [2.75, 3.05) is 34.9 Å². The predicted octanol–water partition coefficient (Wildman–Crippen LogP) is 2.30. The number of nitrogens with zero attached hydrogens (tertiary/aromatic N) is 1. The Morgan fingerprint density at radius 2 is 1.59 bits per heavy atom. The fourth-order valence-corrected chi connectivity index (χ4v) is 3.82. The van der Waals surface area contributed by atoms with Crippen molar-refractivity contribution >= 4 is 27.5 Å². The second-order valence-corrected chi connectivity index (χ2v) is 8.51. The number of ether oxygens (including phenoxy) is 3. The summed E-state index contributed by atoms with van der Waals surface area (Å²) >= 11 is 5.79. The molecule has 0 fully saturated rings. The highest BCUT2D eigenvalue weighted by Crippen LogP contribution is 2.38. The molecule has 0 aliphatic rings. The third-order valence-corrected chi connectivity index (χ3v) is 6.17. The van der Waals surface area contributed by atoms with Gasteiger partial charge in [0.05, 0.1) is 32.8 Å². The number of carbonyl (C=O) groups is 1. The average molecular weight is 443 g/mol. The largest absolute Gasteiger partial charge is 0.493 e. The first kappa shape index (κ1) is 22.8. The van der Waals surface area contributed by atoms with E-state index in [1.165, 1.54) is 52.6 Å². The van der Waals surface area contributed by atoms with Crippen LogP contribution in [0, 0.1) is 0 Å². The Morgan fingerprint density at radius 3 is 2.07 bits per heavy atom. The first-order valence-corrected chi connectivity index (χ1v) is 10.3. The summed E-state index contributed by atoms with van der Waals surface area (Å²) in [7, 11) is 2.02. The van der Waals surface area contributed by atoms with E-state index in [1.807, 2.05) is 0 Å². The number of methoxy groups -OCH3 is 3. The maximum Gasteiger partial charge on any atom is 0.243 e. The van der Waals surface area contributed by atoms with Gasteiger partial charge in [-0.25, -0.2) is 8.42 Å². The van der Waals surface area contributed by atoms with Crippen LogP contribution in [-0.4, -0.2) is 53.6 Å². The van der Waals surface area contributed by atoms with E-state index in [4.69, 9.17) is 25.8 Å². The topological polar surface area (TPSA) is 94.2 Å². The number of hydrogen-bond donors (Lipinski definition) is 1. The maximum absolute atomic E-state index is 12.5. The van der Waals surface area contributed by atoms with Crippen molar-refractivity contribution in [1.29, 1.82) is 0 Å². The zero-order valence-electron chi connectivity index (χ0n) is 16.6. The molecule has 0 radical (unpaired) electrons. The van der Waals surface area contributed by atoms with Crippen LogP contribution in [0.5, 0.6) is 17.2 Å². The zero-order chi connectivity index (χ0) is 21.6. The van der Waals surface area contributed by atoms with Crippen molar-refractivity contribution in [3.05, 3.63) is 47.0 Å². The average Bonchev–Trinajstić information content (AvgIpc) is 2.71. The Morgan fingerprint density at radius 1 is 1.03 bits per heavy atom. The first-order chi connectivity index (χ1) is 13.7. The number of hydrogen-bond acceptors (Lipinski definition) is 6. The van der Waals surface area contributed by atoms with Gasteiger partial charge < -0.3 is 19.5 Å². The SMILES string of the molecule is COc1cc(CNC(=O)CN(C)S(=O)(=O)c2ccc(Cl)cc2)cc(OC)c1OC. The minimum Gasteiger partial charge on any atom is -0.493 e. The van der Waals surface area contributed by atoms with Gasteiger partial charge in [-0.3, -0.25) is 4.79 Å². The van der Waals surface area contributed by atoms with E-state index in [0.717, 1.165) is 4.31 Å². The molecule has 10 heteroatoms. The summed E-state index contributed by atoms with van der Waals surface area (Å²) in [5.74, 6) is 0.898. The van der Waals surface area contributed by atoms with Crippen molar-refractivity contribution in [1.82, 2.24) is 9.62 Å². The summed E-state index contributed by atoms with van der Waals surface area (Å²) in [4.78, 5) is 12.3. The molecule has 0 saturated carbocycles. The van der Waals surface area contributed by atoms with Crippen LogP contribution in [0.2, 0.25) is 5.02 Å². The minimum atomic E-state index is -3.81. The molecule has 0 saturated heterocycles. The van der Waals surface area contributed by atoms with Crippen molar-refractivity contribution in [3.8, 4) is 17.2 Å². The van der Waals surface area contributed by atoms with Crippen molar-refractivity contribution in [2.24, 2.45) is 0 Å². The third kappa shape index (κ3) is 5.53. The number of likely N-dealkylation sites (N-methyl/N-ethyl adjacent to an activating group) is 1. The lowest BCUT2D eigenvalue weighted by molar-refractivity contribution is -0.121. The Labute approximate surface area is 175 Å². The summed E-state index contributed by atoms with van der Waals surface area (Å²) in [6.07, 6.45) is 0. The number of halogens is 1. The van der Waals surface area contributed by atoms with E-state index >= 15 is 0 Å². The van der Waals surface area contributed by atoms with Crippen LogP contribution in [0.4, 0.5) is 0 Å². The smallest absolute Gasteiger partial charge is 0.243 e. The van der Waals surface area contributed by atoms with Crippen LogP contribution >= 0.6 is 11.6 Å². The molecule has 8 nitrogen and oxygen atoms in total. The van der Waals surface area contributed by atoms with Crippen molar-refractivity contribution in [2.45, 2.75) is 11.4 Å². The van der Waals surface area contributed by atoms with Crippen LogP contribution < -0.4 is 19.5 Å². The normalized spacial score (nSPS) is 11.2. The molecule has 0 bridgehead atoms. The molecule has 0 atom stereocenters. The fourth-order valence-electron chi connectivity index (χ4n) is 2.57. The highest BCUT2D eigenvalue weighted by molar-refractivity contribution is 7.89. The fraction of sp³-hybridized carbons (Fsp3) is 0.316. The van der Waals surface area contributed by atoms with Gasteiger partial charge in [-0.05, 0) is 42.0 Å². The number of nitrogens with one attached hydrogen (secondary N) is 1. The third-order valence-electron chi connectivity index (χ3n) is 4.10. The predicted molar refractivity (Wildman–Crippen MR) is 109 cm³/mol. The molecular formula is C19H23ClN2O6S. The molecule has 0 aliphatic heterocycles. The highest BCUT2D eigenvalue weighted by atomic mass is 35.5. The van der Waals surface area contributed by atoms with Gasteiger partial charge in [0.2, 0.25) is 21.7 Å². The minimum absolute atomic E-state index is 0.0572. The van der Waals surface area contributed by atoms with E-state index in [1.54, 1.807) is 12.1 Å². The van der Waals surface area contributed by atoms with E-state index in [2.05, 4.69) is 5.32 Å². The molecule has 2 aromatic rings. The monoisotopic (exact) mass is 442 g/mol. The second-order valence-electron chi connectivity index (χ2n) is 6.03. The van der Waals surface area contributed by atoms with Gasteiger partial charge in [0.1, 0.15) is 0 Å². The molecule has 2 aromatic carbocycles. The van der Waals surface area contributed by atoms with Gasteiger partial charge in [-0.1, -0.05) is 11.6 Å². The summed E-state index contributed by atoms with van der Waals surface area (Å²) in [6, 6.07) is 9.15. The summed E-state index contributed by atoms with van der Waals surface area (Å²) in [6.45, 7) is -0.181. The number of benzene rings is 2. The lowest BCUT2D eigenvalue weighted by Gasteiger charge is -2.17. The van der Waals surface area contributed by atoms with E-state index in [-0.39, 0.29) is 18.0 Å². The number of rotatable bonds is 9. The van der Waals surface area contributed by atoms with Crippen LogP contribution in [0.25, 0.3) is 0 Å². The molecule has 0 spiro atoms. The molecule has 0 aliphatic carbocycles. The van der Waals surface area contributed by atoms with E-state index in [9.17, 15) is 13.2 Å². The Hall–Kier alpha value is -2.49. The van der Waals surface area contributed by atoms with Crippen LogP contribution in [0.15, 0.2) is 41.3 Å². The van der Waals surface area contributed by atoms with Crippen LogP contribution in [0.3, 0.4) is 0 Å². The molecule has 0 aromatic heterocycles. The molecule has 158 valence electrons. The van der Waals surface area contributed by atoms with Gasteiger partial charge in [-0.15, -0.1) is 0 Å². The summed E-state index contributed by atoms with van der Waals surface area (Å²) in [5, 5.41) is 3.11. The Kier molecular flexibility index (Phi) is 7.72. The summed E-state index contributed by atoms with van der Waals surface area (Å²) in [5.41, 5.74) is 0.705. The lowest BCUT2D eigenvalue weighted by Crippen LogP contribution is -2.38. The lowest BCUT2D eigenvalue weighted by atomic mass is 10.1. The Bertz CT molecular complexity index is 938. The first-order valence-electron chi connectivity index (χ1n) is 8.50. The number of sulfonamides is 1. The quantitative estimate of drug-likeness (QED) is 0.640. The standard InChI is InChI=1S/C19H23ClN2O6S/c1-22(29(24,25)15-7-5-14(20)6-8-15)12-18(23)21-11-13-9-16(26-2)19(28-4)17(10-13)27-3/h5-10H,11-12H2,1-4H3,(H,21,23). The van der Waals surface area contributed by atoms with E-state index in [0.29, 0.717) is 27.8 Å². The number of carbonyl (C=O) groups excluding carboxylic acids is 1. The molecule has 1 amide bonds. The highest BCUT2D eigenvalue weighted by Gasteiger charge is 2.23. The van der Waals surface area contributed by atoms with Crippen molar-refractivity contribution < 1.29 is 27.4 Å². The van der Waals surface area contributed by atoms with Gasteiger partial charge in [0.25, 0.3) is 0 Å². The van der Waals surface area contributed by atoms with Gasteiger partial charge >= 0.3 is 0 Å². The number of amides is 1. The van der Waals surface area contributed by atoms with Crippen LogP contribution in [0.1, 0.15) is 5.56 Å². The van der Waals surface area contributed by atoms with Gasteiger partial charge in [-0.2, -0.15) is 4.31 Å². The zero-order valence-corrected chi connectivity index (χ0v) is 18.1. The summed E-state index contributed by atoms with van der Waals surface area (Å²) < 4.78 is 41.9.